The molecule has 1 atom stereocenters. The second-order valence-corrected chi connectivity index (χ2v) is 4.76. The van der Waals surface area contributed by atoms with Crippen LogP contribution < -0.4 is 10.1 Å². The maximum atomic E-state index is 12.0. The Balaban J connectivity index is 2.61. The number of carbonyl (C=O) groups excluding carboxylic acids is 1. The molecule has 5 heteroatoms. The van der Waals surface area contributed by atoms with Crippen molar-refractivity contribution < 1.29 is 14.3 Å². The van der Waals surface area contributed by atoms with E-state index in [1.807, 2.05) is 0 Å². The molecule has 0 aliphatic carbocycles. The monoisotopic (exact) mass is 373 g/mol. The first-order valence-electron chi connectivity index (χ1n) is 5.77. The van der Waals surface area contributed by atoms with Gasteiger partial charge in [-0.3, -0.25) is 4.79 Å². The lowest BCUT2D eigenvalue weighted by atomic mass is 10.2. The molecule has 0 heterocycles. The number of rotatable bonds is 7. The van der Waals surface area contributed by atoms with Crippen LogP contribution in [0.3, 0.4) is 0 Å². The average Bonchev–Trinajstić information content (AvgIpc) is 2.45. The summed E-state index contributed by atoms with van der Waals surface area (Å²) in [6.07, 6.45) is 5.50. The Bertz CT molecular complexity index is 439. The summed E-state index contributed by atoms with van der Waals surface area (Å²) in [4.78, 5) is 12.0. The Morgan fingerprint density at radius 2 is 2.16 bits per heavy atom. The van der Waals surface area contributed by atoms with Gasteiger partial charge in [-0.1, -0.05) is 28.5 Å². The first-order chi connectivity index (χ1) is 9.21. The lowest BCUT2D eigenvalue weighted by molar-refractivity contribution is 0.0435. The third-order valence-electron chi connectivity index (χ3n) is 2.38. The van der Waals surface area contributed by atoms with Crippen molar-refractivity contribution >= 4 is 28.5 Å². The van der Waals surface area contributed by atoms with Gasteiger partial charge in [0.15, 0.2) is 0 Å². The van der Waals surface area contributed by atoms with Crippen LogP contribution in [0.25, 0.3) is 0 Å². The number of methoxy groups -OCH3 is 1. The van der Waals surface area contributed by atoms with Crippen molar-refractivity contribution in [3.05, 3.63) is 29.8 Å². The van der Waals surface area contributed by atoms with E-state index in [1.165, 1.54) is 0 Å². The lowest BCUT2D eigenvalue weighted by Crippen LogP contribution is -2.37. The summed E-state index contributed by atoms with van der Waals surface area (Å²) in [5.41, 5.74) is 0.559. The van der Waals surface area contributed by atoms with E-state index in [0.29, 0.717) is 17.7 Å². The number of hydrogen-bond donors (Lipinski definition) is 1. The first kappa shape index (κ1) is 15.8. The quantitative estimate of drug-likeness (QED) is 0.345. The van der Waals surface area contributed by atoms with E-state index in [2.05, 4.69) is 33.8 Å². The summed E-state index contributed by atoms with van der Waals surface area (Å²) in [5.74, 6) is 2.92. The van der Waals surface area contributed by atoms with Crippen molar-refractivity contribution in [3.8, 4) is 18.1 Å². The van der Waals surface area contributed by atoms with Crippen molar-refractivity contribution in [1.82, 2.24) is 5.32 Å². The molecule has 4 nitrogen and oxygen atoms in total. The largest absolute Gasteiger partial charge is 0.497 e. The molecule has 0 bridgehead atoms. The third kappa shape index (κ3) is 5.49. The first-order valence-corrected chi connectivity index (χ1v) is 7.29. The molecule has 0 saturated heterocycles. The summed E-state index contributed by atoms with van der Waals surface area (Å²) in [7, 11) is 1.58. The van der Waals surface area contributed by atoms with Gasteiger partial charge >= 0.3 is 0 Å². The van der Waals surface area contributed by atoms with Crippen molar-refractivity contribution in [2.45, 2.75) is 12.6 Å². The lowest BCUT2D eigenvalue weighted by Gasteiger charge is -2.17. The highest BCUT2D eigenvalue weighted by molar-refractivity contribution is 14.1. The zero-order valence-corrected chi connectivity index (χ0v) is 12.8. The molecular formula is C14H16INO3. The zero-order valence-electron chi connectivity index (χ0n) is 10.7. The fourth-order valence-corrected chi connectivity index (χ4v) is 1.98. The SMILES string of the molecule is C#CCOC(CCI)NC(=O)c1ccc(OC)cc1. The van der Waals surface area contributed by atoms with Gasteiger partial charge < -0.3 is 14.8 Å². The highest BCUT2D eigenvalue weighted by atomic mass is 127. The smallest absolute Gasteiger partial charge is 0.253 e. The van der Waals surface area contributed by atoms with Crippen LogP contribution in [0.15, 0.2) is 24.3 Å². The Hall–Kier alpha value is -1.26. The van der Waals surface area contributed by atoms with Crippen LogP contribution in [0.2, 0.25) is 0 Å². The van der Waals surface area contributed by atoms with E-state index in [1.54, 1.807) is 31.4 Å². The number of carbonyl (C=O) groups is 1. The molecule has 0 aliphatic rings. The molecule has 1 amide bonds. The fraction of sp³-hybridized carbons (Fsp3) is 0.357. The van der Waals surface area contributed by atoms with Crippen LogP contribution in [0, 0.1) is 12.3 Å². The van der Waals surface area contributed by atoms with E-state index in [9.17, 15) is 4.79 Å². The number of halogens is 1. The molecule has 0 aliphatic heterocycles. The minimum Gasteiger partial charge on any atom is -0.497 e. The number of alkyl halides is 1. The van der Waals surface area contributed by atoms with Crippen LogP contribution in [-0.2, 0) is 4.74 Å². The minimum atomic E-state index is -0.359. The fourth-order valence-electron chi connectivity index (χ4n) is 1.42. The Labute approximate surface area is 127 Å². The molecule has 1 rings (SSSR count). The number of ether oxygens (including phenoxy) is 2. The summed E-state index contributed by atoms with van der Waals surface area (Å²) >= 11 is 2.23. The van der Waals surface area contributed by atoms with Crippen LogP contribution in [0.4, 0.5) is 0 Å². The van der Waals surface area contributed by atoms with E-state index in [-0.39, 0.29) is 18.7 Å². The molecule has 0 aromatic heterocycles. The van der Waals surface area contributed by atoms with E-state index in [0.717, 1.165) is 4.43 Å². The van der Waals surface area contributed by atoms with Gasteiger partial charge in [-0.15, -0.1) is 6.42 Å². The predicted octanol–water partition coefficient (Wildman–Crippen LogP) is 2.23. The molecule has 19 heavy (non-hydrogen) atoms. The van der Waals surface area contributed by atoms with Crippen LogP contribution in [0.5, 0.6) is 5.75 Å². The second kappa shape index (κ2) is 8.77. The van der Waals surface area contributed by atoms with Crippen molar-refractivity contribution in [3.63, 3.8) is 0 Å². The van der Waals surface area contributed by atoms with Gasteiger partial charge in [0, 0.05) is 16.4 Å². The third-order valence-corrected chi connectivity index (χ3v) is 3.01. The zero-order chi connectivity index (χ0) is 14.1. The minimum absolute atomic E-state index is 0.185. The molecule has 1 aromatic carbocycles. The van der Waals surface area contributed by atoms with Gasteiger partial charge in [0.25, 0.3) is 5.91 Å². The summed E-state index contributed by atoms with van der Waals surface area (Å²) < 4.78 is 11.3. The van der Waals surface area contributed by atoms with Gasteiger partial charge in [0.2, 0.25) is 0 Å². The second-order valence-electron chi connectivity index (χ2n) is 3.68. The molecule has 0 spiro atoms. The standard InChI is InChI=1S/C14H16INO3/c1-3-10-19-13(8-9-15)16-14(17)11-4-6-12(18-2)7-5-11/h1,4-7,13H,8-10H2,2H3,(H,16,17). The van der Waals surface area contributed by atoms with Gasteiger partial charge in [-0.25, -0.2) is 0 Å². The average molecular weight is 373 g/mol. The highest BCUT2D eigenvalue weighted by Crippen LogP contribution is 2.11. The normalized spacial score (nSPS) is 11.4. The summed E-state index contributed by atoms with van der Waals surface area (Å²) in [6.45, 7) is 0.185. The van der Waals surface area contributed by atoms with E-state index in [4.69, 9.17) is 15.9 Å². The number of terminal acetylenes is 1. The molecule has 0 radical (unpaired) electrons. The molecule has 1 unspecified atom stereocenters. The highest BCUT2D eigenvalue weighted by Gasteiger charge is 2.13. The van der Waals surface area contributed by atoms with E-state index >= 15 is 0 Å². The molecule has 0 saturated carbocycles. The summed E-state index contributed by atoms with van der Waals surface area (Å²) in [5, 5.41) is 2.80. The number of hydrogen-bond acceptors (Lipinski definition) is 3. The Morgan fingerprint density at radius 1 is 1.47 bits per heavy atom. The van der Waals surface area contributed by atoms with Crippen molar-refractivity contribution in [2.75, 3.05) is 18.1 Å². The number of amides is 1. The number of nitrogens with one attached hydrogen (secondary N) is 1. The van der Waals surface area contributed by atoms with Gasteiger partial charge in [-0.2, -0.15) is 0 Å². The maximum Gasteiger partial charge on any atom is 0.253 e. The Morgan fingerprint density at radius 3 is 2.68 bits per heavy atom. The van der Waals surface area contributed by atoms with Crippen molar-refractivity contribution in [1.29, 1.82) is 0 Å². The molecule has 0 fully saturated rings. The maximum absolute atomic E-state index is 12.0. The topological polar surface area (TPSA) is 47.6 Å². The molecule has 1 aromatic rings. The predicted molar refractivity (Wildman–Crippen MR) is 82.5 cm³/mol. The van der Waals surface area contributed by atoms with Gasteiger partial charge in [0.1, 0.15) is 18.6 Å². The Kier molecular flexibility index (Phi) is 7.30. The van der Waals surface area contributed by atoms with Crippen LogP contribution in [0.1, 0.15) is 16.8 Å². The van der Waals surface area contributed by atoms with Crippen molar-refractivity contribution in [2.24, 2.45) is 0 Å². The number of benzene rings is 1. The molecule has 1 N–H and O–H groups in total. The van der Waals surface area contributed by atoms with Gasteiger partial charge in [-0.05, 0) is 24.3 Å². The van der Waals surface area contributed by atoms with E-state index < -0.39 is 0 Å². The summed E-state index contributed by atoms with van der Waals surface area (Å²) in [6, 6.07) is 6.89. The van der Waals surface area contributed by atoms with Crippen LogP contribution in [-0.4, -0.2) is 30.3 Å². The molecular weight excluding hydrogens is 357 g/mol. The van der Waals surface area contributed by atoms with Crippen LogP contribution >= 0.6 is 22.6 Å². The molecule has 102 valence electrons. The van der Waals surface area contributed by atoms with Gasteiger partial charge in [0.05, 0.1) is 7.11 Å².